The largest absolute Gasteiger partial charge is 0.477 e. The summed E-state index contributed by atoms with van der Waals surface area (Å²) in [6, 6.07) is 3.68. The van der Waals surface area contributed by atoms with Crippen molar-refractivity contribution in [1.29, 1.82) is 0 Å². The Morgan fingerprint density at radius 2 is 2.14 bits per heavy atom. The topological polar surface area (TPSA) is 108 Å². The lowest BCUT2D eigenvalue weighted by atomic mass is 10.0. The molecular weight excluding hydrogens is 304 g/mol. The van der Waals surface area contributed by atoms with Gasteiger partial charge in [0, 0.05) is 18.0 Å². The molecule has 0 saturated carbocycles. The first-order valence-electron chi connectivity index (χ1n) is 6.41. The van der Waals surface area contributed by atoms with Crippen LogP contribution in [0, 0.1) is 6.92 Å². The quantitative estimate of drug-likeness (QED) is 0.685. The third-order valence-electron chi connectivity index (χ3n) is 3.27. The van der Waals surface area contributed by atoms with Crippen molar-refractivity contribution in [2.75, 3.05) is 7.05 Å². The number of H-pyrrole nitrogens is 1. The molecule has 112 valence electrons. The standard InChI is InChI=1S/C14H12N4O3S/c1-6-3-7(13-16-5-9(22-13)14(20)21)4-8-10(6)11(18-17-8)12(19)15-2/h3-5H,1-2H3,(H,15,19)(H,17,18)(H,20,21). The normalized spacial score (nSPS) is 10.8. The number of nitrogens with one attached hydrogen (secondary N) is 2. The molecule has 22 heavy (non-hydrogen) atoms. The number of benzene rings is 1. The Kier molecular flexibility index (Phi) is 3.38. The molecule has 3 N–H and O–H groups in total. The summed E-state index contributed by atoms with van der Waals surface area (Å²) in [6.07, 6.45) is 1.34. The van der Waals surface area contributed by atoms with Gasteiger partial charge in [-0.05, 0) is 24.6 Å². The Bertz CT molecular complexity index is 897. The molecule has 0 atom stereocenters. The molecule has 3 rings (SSSR count). The highest BCUT2D eigenvalue weighted by Crippen LogP contribution is 2.30. The van der Waals surface area contributed by atoms with Gasteiger partial charge >= 0.3 is 5.97 Å². The first-order chi connectivity index (χ1) is 10.5. The number of carboxylic acids is 1. The lowest BCUT2D eigenvalue weighted by Gasteiger charge is -2.02. The second kappa shape index (κ2) is 5.23. The summed E-state index contributed by atoms with van der Waals surface area (Å²) in [7, 11) is 1.55. The van der Waals surface area contributed by atoms with E-state index < -0.39 is 5.97 Å². The number of aryl methyl sites for hydroxylation is 1. The molecule has 0 spiro atoms. The Balaban J connectivity index is 2.13. The molecule has 0 aliphatic rings. The SMILES string of the molecule is CNC(=O)c1n[nH]c2cc(-c3ncc(C(=O)O)s3)cc(C)c12. The number of fused-ring (bicyclic) bond motifs is 1. The molecule has 0 aliphatic heterocycles. The molecule has 1 aromatic carbocycles. The van der Waals surface area contributed by atoms with Crippen molar-refractivity contribution in [2.24, 2.45) is 0 Å². The summed E-state index contributed by atoms with van der Waals surface area (Å²) in [5.74, 6) is -1.26. The van der Waals surface area contributed by atoms with Gasteiger partial charge in [0.15, 0.2) is 5.69 Å². The fourth-order valence-electron chi connectivity index (χ4n) is 2.27. The summed E-state index contributed by atoms with van der Waals surface area (Å²) < 4.78 is 0. The number of carbonyl (C=O) groups excluding carboxylic acids is 1. The fourth-order valence-corrected chi connectivity index (χ4v) is 3.02. The summed E-state index contributed by atoms with van der Waals surface area (Å²) in [5, 5.41) is 19.8. The van der Waals surface area contributed by atoms with Gasteiger partial charge in [-0.2, -0.15) is 5.10 Å². The number of rotatable bonds is 3. The zero-order valence-corrected chi connectivity index (χ0v) is 12.6. The lowest BCUT2D eigenvalue weighted by molar-refractivity contribution is 0.0701. The third-order valence-corrected chi connectivity index (χ3v) is 4.30. The minimum absolute atomic E-state index is 0.184. The predicted molar refractivity (Wildman–Crippen MR) is 82.3 cm³/mol. The fraction of sp³-hybridized carbons (Fsp3) is 0.143. The summed E-state index contributed by atoms with van der Waals surface area (Å²) >= 11 is 1.10. The van der Waals surface area contributed by atoms with E-state index in [4.69, 9.17) is 5.11 Å². The molecule has 2 heterocycles. The highest BCUT2D eigenvalue weighted by Gasteiger charge is 2.17. The summed E-state index contributed by atoms with van der Waals surface area (Å²) in [5.41, 5.74) is 2.70. The van der Waals surface area contributed by atoms with Crippen molar-refractivity contribution in [3.63, 3.8) is 0 Å². The molecule has 1 amide bonds. The van der Waals surface area contributed by atoms with E-state index in [1.807, 2.05) is 19.1 Å². The Morgan fingerprint density at radius 3 is 2.77 bits per heavy atom. The van der Waals surface area contributed by atoms with Gasteiger partial charge in [-0.25, -0.2) is 9.78 Å². The molecule has 0 bridgehead atoms. The summed E-state index contributed by atoms with van der Waals surface area (Å²) in [4.78, 5) is 27.1. The van der Waals surface area contributed by atoms with Gasteiger partial charge in [0.05, 0.1) is 11.7 Å². The van der Waals surface area contributed by atoms with Gasteiger partial charge in [-0.3, -0.25) is 9.89 Å². The molecule has 0 fully saturated rings. The average Bonchev–Trinajstić information content (AvgIpc) is 3.13. The van der Waals surface area contributed by atoms with Crippen molar-refractivity contribution in [3.8, 4) is 10.6 Å². The molecule has 0 unspecified atom stereocenters. The molecule has 7 nitrogen and oxygen atoms in total. The number of aromatic carboxylic acids is 1. The van der Waals surface area contributed by atoms with Gasteiger partial charge in [0.2, 0.25) is 0 Å². The molecule has 0 saturated heterocycles. The van der Waals surface area contributed by atoms with Crippen LogP contribution in [-0.2, 0) is 0 Å². The first-order valence-corrected chi connectivity index (χ1v) is 7.23. The third kappa shape index (κ3) is 2.23. The Hall–Kier alpha value is -2.74. The second-order valence-corrected chi connectivity index (χ2v) is 5.73. The highest BCUT2D eigenvalue weighted by atomic mass is 32.1. The number of aromatic amines is 1. The van der Waals surface area contributed by atoms with Crippen LogP contribution in [0.5, 0.6) is 0 Å². The van der Waals surface area contributed by atoms with Gasteiger partial charge in [-0.15, -0.1) is 11.3 Å². The molecular formula is C14H12N4O3S. The van der Waals surface area contributed by atoms with E-state index in [0.717, 1.165) is 27.8 Å². The maximum absolute atomic E-state index is 11.8. The van der Waals surface area contributed by atoms with Gasteiger partial charge in [-0.1, -0.05) is 0 Å². The van der Waals surface area contributed by atoms with Crippen LogP contribution in [0.3, 0.4) is 0 Å². The van der Waals surface area contributed by atoms with Gasteiger partial charge in [0.25, 0.3) is 5.91 Å². The molecule has 0 radical (unpaired) electrons. The van der Waals surface area contributed by atoms with E-state index in [0.29, 0.717) is 16.2 Å². The monoisotopic (exact) mass is 316 g/mol. The van der Waals surface area contributed by atoms with E-state index in [9.17, 15) is 9.59 Å². The zero-order chi connectivity index (χ0) is 15.9. The minimum Gasteiger partial charge on any atom is -0.477 e. The van der Waals surface area contributed by atoms with Crippen LogP contribution in [0.15, 0.2) is 18.3 Å². The maximum atomic E-state index is 11.8. The molecule has 0 aliphatic carbocycles. The molecule has 2 aromatic heterocycles. The minimum atomic E-state index is -0.995. The first kappa shape index (κ1) is 14.2. The van der Waals surface area contributed by atoms with E-state index >= 15 is 0 Å². The molecule has 3 aromatic rings. The smallest absolute Gasteiger partial charge is 0.347 e. The van der Waals surface area contributed by atoms with E-state index in [1.54, 1.807) is 7.05 Å². The number of hydrogen-bond donors (Lipinski definition) is 3. The van der Waals surface area contributed by atoms with Crippen molar-refractivity contribution in [3.05, 3.63) is 34.5 Å². The highest BCUT2D eigenvalue weighted by molar-refractivity contribution is 7.16. The van der Waals surface area contributed by atoms with E-state index in [2.05, 4.69) is 20.5 Å². The Labute approximate surface area is 129 Å². The van der Waals surface area contributed by atoms with Crippen molar-refractivity contribution in [2.45, 2.75) is 6.92 Å². The van der Waals surface area contributed by atoms with Crippen LogP contribution in [0.25, 0.3) is 21.5 Å². The zero-order valence-electron chi connectivity index (χ0n) is 11.8. The average molecular weight is 316 g/mol. The van der Waals surface area contributed by atoms with Crippen LogP contribution < -0.4 is 5.32 Å². The van der Waals surface area contributed by atoms with Crippen LogP contribution in [-0.4, -0.2) is 39.2 Å². The second-order valence-electron chi connectivity index (χ2n) is 4.70. The van der Waals surface area contributed by atoms with Gasteiger partial charge in [0.1, 0.15) is 9.88 Å². The molecule has 8 heteroatoms. The number of carbonyl (C=O) groups is 2. The lowest BCUT2D eigenvalue weighted by Crippen LogP contribution is -2.18. The van der Waals surface area contributed by atoms with E-state index in [-0.39, 0.29) is 10.8 Å². The van der Waals surface area contributed by atoms with Crippen LogP contribution in [0.2, 0.25) is 0 Å². The number of amides is 1. The van der Waals surface area contributed by atoms with E-state index in [1.165, 1.54) is 6.20 Å². The number of thiazole rings is 1. The van der Waals surface area contributed by atoms with Crippen molar-refractivity contribution in [1.82, 2.24) is 20.5 Å². The number of aromatic nitrogens is 3. The van der Waals surface area contributed by atoms with Crippen LogP contribution in [0.4, 0.5) is 0 Å². The summed E-state index contributed by atoms with van der Waals surface area (Å²) in [6.45, 7) is 1.87. The predicted octanol–water partition coefficient (Wildman–Crippen LogP) is 2.05. The Morgan fingerprint density at radius 1 is 1.36 bits per heavy atom. The maximum Gasteiger partial charge on any atom is 0.347 e. The van der Waals surface area contributed by atoms with Gasteiger partial charge < -0.3 is 10.4 Å². The van der Waals surface area contributed by atoms with Crippen molar-refractivity contribution >= 4 is 34.1 Å². The van der Waals surface area contributed by atoms with Crippen LogP contribution >= 0.6 is 11.3 Å². The number of carboxylic acid groups (broad SMARTS) is 1. The number of hydrogen-bond acceptors (Lipinski definition) is 5. The van der Waals surface area contributed by atoms with Crippen LogP contribution in [0.1, 0.15) is 25.7 Å². The number of nitrogens with zero attached hydrogens (tertiary/aromatic N) is 2. The van der Waals surface area contributed by atoms with Crippen molar-refractivity contribution < 1.29 is 14.7 Å².